The first-order valence-corrected chi connectivity index (χ1v) is 8.21. The number of rotatable bonds is 4. The van der Waals surface area contributed by atoms with E-state index in [1.807, 2.05) is 36.4 Å². The van der Waals surface area contributed by atoms with Crippen LogP contribution in [0.1, 0.15) is 5.89 Å². The third-order valence-electron chi connectivity index (χ3n) is 3.15. The van der Waals surface area contributed by atoms with Gasteiger partial charge in [-0.05, 0) is 12.1 Å². The Kier molecular flexibility index (Phi) is 3.77. The molecule has 0 aliphatic heterocycles. The molecule has 5 nitrogen and oxygen atoms in total. The zero-order valence-electron chi connectivity index (χ0n) is 11.8. The largest absolute Gasteiger partial charge is 0.431 e. The van der Waals surface area contributed by atoms with Gasteiger partial charge in [0.15, 0.2) is 5.58 Å². The molecular formula is C16H10ClN3O2S. The number of oxazole rings is 1. The minimum absolute atomic E-state index is 0.486. The van der Waals surface area contributed by atoms with E-state index in [4.69, 9.17) is 20.5 Å². The van der Waals surface area contributed by atoms with Crippen LogP contribution in [0, 0.1) is 0 Å². The van der Waals surface area contributed by atoms with Crippen molar-refractivity contribution in [1.82, 2.24) is 15.1 Å². The van der Waals surface area contributed by atoms with Gasteiger partial charge in [-0.15, -0.1) is 0 Å². The lowest BCUT2D eigenvalue weighted by atomic mass is 10.2. The number of hydrogen-bond donors (Lipinski definition) is 0. The van der Waals surface area contributed by atoms with E-state index >= 15 is 0 Å². The summed E-state index contributed by atoms with van der Waals surface area (Å²) in [6.45, 7) is 0. The first-order chi connectivity index (χ1) is 11.3. The molecule has 0 saturated heterocycles. The summed E-state index contributed by atoms with van der Waals surface area (Å²) < 4.78 is 10.9. The van der Waals surface area contributed by atoms with Gasteiger partial charge in [0.1, 0.15) is 5.52 Å². The van der Waals surface area contributed by atoms with Gasteiger partial charge in [0, 0.05) is 16.7 Å². The second kappa shape index (κ2) is 6.06. The Hall–Kier alpha value is -2.31. The van der Waals surface area contributed by atoms with Crippen molar-refractivity contribution in [2.24, 2.45) is 0 Å². The zero-order chi connectivity index (χ0) is 15.6. The number of fused-ring (bicyclic) bond motifs is 1. The molecule has 2 heterocycles. The summed E-state index contributed by atoms with van der Waals surface area (Å²) in [5.41, 5.74) is 2.35. The van der Waals surface area contributed by atoms with Crippen LogP contribution in [0.4, 0.5) is 0 Å². The van der Waals surface area contributed by atoms with E-state index in [0.29, 0.717) is 33.3 Å². The number of thioether (sulfide) groups is 1. The first kappa shape index (κ1) is 14.3. The van der Waals surface area contributed by atoms with Gasteiger partial charge in [0.25, 0.3) is 5.22 Å². The average Bonchev–Trinajstić information content (AvgIpc) is 3.20. The van der Waals surface area contributed by atoms with Crippen molar-refractivity contribution in [2.45, 2.75) is 11.0 Å². The molecule has 4 rings (SSSR count). The first-order valence-electron chi connectivity index (χ1n) is 6.85. The van der Waals surface area contributed by atoms with Crippen LogP contribution in [0.3, 0.4) is 0 Å². The van der Waals surface area contributed by atoms with Gasteiger partial charge < -0.3 is 8.94 Å². The van der Waals surface area contributed by atoms with E-state index in [-0.39, 0.29) is 0 Å². The second-order valence-electron chi connectivity index (χ2n) is 4.76. The molecule has 23 heavy (non-hydrogen) atoms. The van der Waals surface area contributed by atoms with Crippen LogP contribution in [0.15, 0.2) is 62.7 Å². The summed E-state index contributed by atoms with van der Waals surface area (Å²) in [4.78, 5) is 8.76. The molecule has 0 atom stereocenters. The minimum Gasteiger partial charge on any atom is -0.431 e. The molecule has 0 radical (unpaired) electrons. The van der Waals surface area contributed by atoms with Gasteiger partial charge in [-0.3, -0.25) is 0 Å². The maximum Gasteiger partial charge on any atom is 0.257 e. The quantitative estimate of drug-likeness (QED) is 0.495. The Morgan fingerprint density at radius 2 is 1.91 bits per heavy atom. The zero-order valence-corrected chi connectivity index (χ0v) is 13.3. The molecule has 0 bridgehead atoms. The summed E-state index contributed by atoms with van der Waals surface area (Å²) in [5, 5.41) is 5.15. The molecule has 0 N–H and O–H groups in total. The fourth-order valence-electron chi connectivity index (χ4n) is 2.08. The van der Waals surface area contributed by atoms with E-state index in [0.717, 1.165) is 11.1 Å². The van der Waals surface area contributed by atoms with E-state index in [1.165, 1.54) is 11.8 Å². The molecule has 0 aliphatic carbocycles. The van der Waals surface area contributed by atoms with Crippen LogP contribution < -0.4 is 0 Å². The van der Waals surface area contributed by atoms with Crippen LogP contribution >= 0.6 is 23.4 Å². The van der Waals surface area contributed by atoms with Crippen molar-refractivity contribution in [2.75, 3.05) is 0 Å². The van der Waals surface area contributed by atoms with Crippen molar-refractivity contribution in [3.05, 3.63) is 59.4 Å². The van der Waals surface area contributed by atoms with Gasteiger partial charge in [0.2, 0.25) is 11.7 Å². The van der Waals surface area contributed by atoms with Crippen LogP contribution in [-0.4, -0.2) is 15.1 Å². The molecule has 0 amide bonds. The Morgan fingerprint density at radius 1 is 1.04 bits per heavy atom. The lowest BCUT2D eigenvalue weighted by molar-refractivity contribution is 0.391. The van der Waals surface area contributed by atoms with Crippen molar-refractivity contribution in [3.63, 3.8) is 0 Å². The Balaban J connectivity index is 1.49. The number of nitrogens with zero attached hydrogens (tertiary/aromatic N) is 3. The summed E-state index contributed by atoms with van der Waals surface area (Å²) in [5.74, 6) is 1.58. The number of halogens is 1. The fraction of sp³-hybridized carbons (Fsp3) is 0.0625. The molecule has 114 valence electrons. The lowest BCUT2D eigenvalue weighted by Crippen LogP contribution is -1.82. The lowest BCUT2D eigenvalue weighted by Gasteiger charge is -1.91. The van der Waals surface area contributed by atoms with E-state index in [2.05, 4.69) is 15.1 Å². The molecule has 2 aromatic heterocycles. The maximum absolute atomic E-state index is 5.93. The molecule has 0 unspecified atom stereocenters. The van der Waals surface area contributed by atoms with Gasteiger partial charge in [0.05, 0.1) is 5.75 Å². The van der Waals surface area contributed by atoms with Gasteiger partial charge >= 0.3 is 0 Å². The molecule has 0 fully saturated rings. The molecule has 7 heteroatoms. The predicted octanol–water partition coefficient (Wildman–Crippen LogP) is 4.82. The number of hydrogen-bond acceptors (Lipinski definition) is 6. The highest BCUT2D eigenvalue weighted by Gasteiger charge is 2.12. The third kappa shape index (κ3) is 3.09. The predicted molar refractivity (Wildman–Crippen MR) is 88.3 cm³/mol. The molecule has 0 spiro atoms. The van der Waals surface area contributed by atoms with Crippen LogP contribution in [0.25, 0.3) is 22.5 Å². The summed E-state index contributed by atoms with van der Waals surface area (Å²) >= 11 is 7.33. The van der Waals surface area contributed by atoms with E-state index in [9.17, 15) is 0 Å². The highest BCUT2D eigenvalue weighted by Crippen LogP contribution is 2.28. The molecule has 0 aliphatic rings. The normalized spacial score (nSPS) is 11.2. The Bertz CT molecular complexity index is 952. The maximum atomic E-state index is 5.93. The number of benzene rings is 2. The van der Waals surface area contributed by atoms with Crippen LogP contribution in [0.5, 0.6) is 0 Å². The minimum atomic E-state index is 0.486. The SMILES string of the molecule is Clc1ccc2nc(SCc3nc(-c4ccccc4)no3)oc2c1. The van der Waals surface area contributed by atoms with E-state index in [1.54, 1.807) is 12.1 Å². The van der Waals surface area contributed by atoms with Crippen molar-refractivity contribution >= 4 is 34.5 Å². The third-order valence-corrected chi connectivity index (χ3v) is 4.20. The summed E-state index contributed by atoms with van der Waals surface area (Å²) in [6.07, 6.45) is 0. The van der Waals surface area contributed by atoms with Crippen LogP contribution in [-0.2, 0) is 5.75 Å². The summed E-state index contributed by atoms with van der Waals surface area (Å²) in [7, 11) is 0. The Morgan fingerprint density at radius 3 is 2.78 bits per heavy atom. The van der Waals surface area contributed by atoms with Crippen LogP contribution in [0.2, 0.25) is 5.02 Å². The standard InChI is InChI=1S/C16H10ClN3O2S/c17-11-6-7-12-13(8-11)21-16(18-12)23-9-14-19-15(20-22-14)10-4-2-1-3-5-10/h1-8H,9H2. The highest BCUT2D eigenvalue weighted by molar-refractivity contribution is 7.98. The molecule has 0 saturated carbocycles. The smallest absolute Gasteiger partial charge is 0.257 e. The Labute approximate surface area is 140 Å². The molecule has 2 aromatic carbocycles. The van der Waals surface area contributed by atoms with Crippen molar-refractivity contribution in [1.29, 1.82) is 0 Å². The second-order valence-corrected chi connectivity index (χ2v) is 6.12. The average molecular weight is 344 g/mol. The monoisotopic (exact) mass is 343 g/mol. The highest BCUT2D eigenvalue weighted by atomic mass is 35.5. The number of aromatic nitrogens is 3. The van der Waals surface area contributed by atoms with Crippen molar-refractivity contribution < 1.29 is 8.94 Å². The van der Waals surface area contributed by atoms with E-state index < -0.39 is 0 Å². The summed E-state index contributed by atoms with van der Waals surface area (Å²) in [6, 6.07) is 15.0. The molecular weight excluding hydrogens is 334 g/mol. The topological polar surface area (TPSA) is 65.0 Å². The van der Waals surface area contributed by atoms with Crippen molar-refractivity contribution in [3.8, 4) is 11.4 Å². The molecule has 4 aromatic rings. The fourth-order valence-corrected chi connectivity index (χ4v) is 2.92. The van der Waals surface area contributed by atoms with Gasteiger partial charge in [-0.1, -0.05) is 58.9 Å². The van der Waals surface area contributed by atoms with Gasteiger partial charge in [-0.2, -0.15) is 4.98 Å². The van der Waals surface area contributed by atoms with Gasteiger partial charge in [-0.25, -0.2) is 4.98 Å².